The maximum atomic E-state index is 8.84. The molecule has 6 nitrogen and oxygen atoms in total. The van der Waals surface area contributed by atoms with Crippen LogP contribution in [0, 0.1) is 6.92 Å². The maximum Gasteiger partial charge on any atom is 0.175 e. The number of aromatic nitrogens is 2. The molecule has 0 unspecified atom stereocenters. The fourth-order valence-electron chi connectivity index (χ4n) is 1.91. The molecule has 0 bridgehead atoms. The zero-order chi connectivity index (χ0) is 15.6. The number of oxime groups is 1. The molecule has 0 saturated carbocycles. The van der Waals surface area contributed by atoms with Gasteiger partial charge in [-0.05, 0) is 35.0 Å². The highest BCUT2D eigenvalue weighted by molar-refractivity contribution is 9.10. The van der Waals surface area contributed by atoms with Gasteiger partial charge in [-0.15, -0.1) is 0 Å². The Balaban J connectivity index is 2.31. The predicted octanol–water partition coefficient (Wildman–Crippen LogP) is 2.82. The lowest BCUT2D eigenvalue weighted by Gasteiger charge is -2.12. The maximum absolute atomic E-state index is 8.84. The van der Waals surface area contributed by atoms with Gasteiger partial charge in [-0.25, -0.2) is 0 Å². The van der Waals surface area contributed by atoms with Gasteiger partial charge in [-0.1, -0.05) is 22.8 Å². The molecular weight excluding hydrogens is 360 g/mol. The second-order valence-corrected chi connectivity index (χ2v) is 5.56. The number of nitrogens with zero attached hydrogens (tertiary/aromatic N) is 3. The van der Waals surface area contributed by atoms with Crippen LogP contribution < -0.4 is 10.5 Å². The van der Waals surface area contributed by atoms with E-state index in [2.05, 4.69) is 26.2 Å². The van der Waals surface area contributed by atoms with E-state index in [1.54, 1.807) is 22.9 Å². The number of amidine groups is 1. The van der Waals surface area contributed by atoms with Gasteiger partial charge in [-0.2, -0.15) is 5.10 Å². The first-order valence-electron chi connectivity index (χ1n) is 6.03. The van der Waals surface area contributed by atoms with Crippen LogP contribution in [-0.4, -0.2) is 20.8 Å². The highest BCUT2D eigenvalue weighted by atomic mass is 79.9. The van der Waals surface area contributed by atoms with Gasteiger partial charge >= 0.3 is 0 Å². The van der Waals surface area contributed by atoms with Gasteiger partial charge in [0, 0.05) is 7.05 Å². The summed E-state index contributed by atoms with van der Waals surface area (Å²) in [6, 6.07) is 5.08. The summed E-state index contributed by atoms with van der Waals surface area (Å²) in [5.74, 6) is 0.333. The van der Waals surface area contributed by atoms with E-state index in [1.807, 2.05) is 14.0 Å². The third-order valence-corrected chi connectivity index (χ3v) is 4.31. The van der Waals surface area contributed by atoms with Crippen LogP contribution in [0.25, 0.3) is 0 Å². The zero-order valence-electron chi connectivity index (χ0n) is 11.5. The molecule has 112 valence electrons. The molecule has 0 radical (unpaired) electrons. The van der Waals surface area contributed by atoms with Crippen LogP contribution in [0.15, 0.2) is 27.8 Å². The highest BCUT2D eigenvalue weighted by Gasteiger charge is 2.15. The van der Waals surface area contributed by atoms with Crippen molar-refractivity contribution in [3.8, 4) is 5.75 Å². The van der Waals surface area contributed by atoms with Gasteiger partial charge in [-0.3, -0.25) is 4.68 Å². The van der Waals surface area contributed by atoms with Gasteiger partial charge in [0.15, 0.2) is 5.84 Å². The fraction of sp³-hybridized carbons (Fsp3) is 0.231. The summed E-state index contributed by atoms with van der Waals surface area (Å²) in [4.78, 5) is 0. The van der Waals surface area contributed by atoms with Gasteiger partial charge in [0.2, 0.25) is 0 Å². The molecule has 2 aromatic rings. The average molecular weight is 374 g/mol. The second-order valence-electron chi connectivity index (χ2n) is 4.36. The molecule has 0 amide bonds. The lowest BCUT2D eigenvalue weighted by Crippen LogP contribution is -2.16. The second kappa shape index (κ2) is 6.36. The van der Waals surface area contributed by atoms with Crippen molar-refractivity contribution in [2.75, 3.05) is 0 Å². The number of hydrogen-bond acceptors (Lipinski definition) is 4. The summed E-state index contributed by atoms with van der Waals surface area (Å²) in [6.07, 6.45) is 0. The van der Waals surface area contributed by atoms with Crippen LogP contribution in [-0.2, 0) is 13.7 Å². The van der Waals surface area contributed by atoms with E-state index in [1.165, 1.54) is 0 Å². The van der Waals surface area contributed by atoms with Crippen molar-refractivity contribution >= 4 is 33.4 Å². The minimum atomic E-state index is -0.101. The summed E-state index contributed by atoms with van der Waals surface area (Å²) >= 11 is 9.55. The summed E-state index contributed by atoms with van der Waals surface area (Å²) in [5, 5.41) is 16.5. The molecular formula is C13H14BrClN4O2. The van der Waals surface area contributed by atoms with Gasteiger partial charge in [0.1, 0.15) is 12.4 Å². The van der Waals surface area contributed by atoms with Crippen LogP contribution in [0.5, 0.6) is 5.75 Å². The molecule has 2 rings (SSSR count). The summed E-state index contributed by atoms with van der Waals surface area (Å²) < 4.78 is 8.37. The normalized spacial score (nSPS) is 11.7. The first-order valence-corrected chi connectivity index (χ1v) is 7.20. The third-order valence-electron chi connectivity index (χ3n) is 2.97. The van der Waals surface area contributed by atoms with E-state index >= 15 is 0 Å². The number of nitrogens with two attached hydrogens (primary N) is 1. The smallest absolute Gasteiger partial charge is 0.175 e. The Morgan fingerprint density at radius 3 is 2.86 bits per heavy atom. The van der Waals surface area contributed by atoms with Gasteiger partial charge < -0.3 is 15.7 Å². The minimum Gasteiger partial charge on any atom is -0.486 e. The van der Waals surface area contributed by atoms with Crippen molar-refractivity contribution < 1.29 is 9.94 Å². The van der Waals surface area contributed by atoms with Gasteiger partial charge in [0.25, 0.3) is 0 Å². The molecule has 0 spiro atoms. The molecule has 21 heavy (non-hydrogen) atoms. The monoisotopic (exact) mass is 372 g/mol. The summed E-state index contributed by atoms with van der Waals surface area (Å²) in [5.41, 5.74) is 7.74. The van der Waals surface area contributed by atoms with E-state index in [0.717, 1.165) is 15.9 Å². The first-order chi connectivity index (χ1) is 9.95. The van der Waals surface area contributed by atoms with Crippen LogP contribution >= 0.6 is 27.5 Å². The van der Waals surface area contributed by atoms with Crippen LogP contribution in [0.4, 0.5) is 0 Å². The van der Waals surface area contributed by atoms with Crippen molar-refractivity contribution in [2.45, 2.75) is 13.5 Å². The lowest BCUT2D eigenvalue weighted by molar-refractivity contribution is 0.292. The molecule has 0 aliphatic heterocycles. The van der Waals surface area contributed by atoms with Crippen molar-refractivity contribution in [3.05, 3.63) is 44.6 Å². The van der Waals surface area contributed by atoms with Crippen LogP contribution in [0.2, 0.25) is 5.02 Å². The minimum absolute atomic E-state index is 0.101. The van der Waals surface area contributed by atoms with Crippen LogP contribution in [0.3, 0.4) is 0 Å². The highest BCUT2D eigenvalue weighted by Crippen LogP contribution is 2.28. The number of rotatable bonds is 4. The lowest BCUT2D eigenvalue weighted by atomic mass is 10.2. The first kappa shape index (κ1) is 15.7. The Kier molecular flexibility index (Phi) is 4.74. The fourth-order valence-corrected chi connectivity index (χ4v) is 2.62. The largest absolute Gasteiger partial charge is 0.486 e. The predicted molar refractivity (Wildman–Crippen MR) is 83.9 cm³/mol. The Labute approximate surface area is 135 Å². The van der Waals surface area contributed by atoms with E-state index in [4.69, 9.17) is 27.3 Å². The van der Waals surface area contributed by atoms with Gasteiger partial charge in [0.05, 0.1) is 26.4 Å². The molecule has 0 aliphatic carbocycles. The Bertz CT molecular complexity index is 700. The topological polar surface area (TPSA) is 85.7 Å². The number of ether oxygens (including phenoxy) is 1. The number of halogens is 2. The zero-order valence-corrected chi connectivity index (χ0v) is 13.8. The molecule has 0 atom stereocenters. The number of hydrogen-bond donors (Lipinski definition) is 2. The van der Waals surface area contributed by atoms with Crippen LogP contribution in [0.1, 0.15) is 17.0 Å². The van der Waals surface area contributed by atoms with E-state index < -0.39 is 0 Å². The Morgan fingerprint density at radius 2 is 2.29 bits per heavy atom. The van der Waals surface area contributed by atoms with Crippen molar-refractivity contribution in [3.63, 3.8) is 0 Å². The quantitative estimate of drug-likeness (QED) is 0.373. The number of benzene rings is 1. The molecule has 3 N–H and O–H groups in total. The standard InChI is InChI=1S/C13H14BrClN4O2/c1-7-12(14)9(19(2)17-7)6-21-10-5-3-4-8(15)11(10)13(16)18-20/h3-5,20H,6H2,1-2H3,(H2,16,18). The van der Waals surface area contributed by atoms with Crippen molar-refractivity contribution in [1.82, 2.24) is 9.78 Å². The SMILES string of the molecule is Cc1nn(C)c(COc2cccc(Cl)c2/C(N)=N/O)c1Br. The van der Waals surface area contributed by atoms with E-state index in [9.17, 15) is 0 Å². The third kappa shape index (κ3) is 3.14. The van der Waals surface area contributed by atoms with E-state index in [0.29, 0.717) is 16.3 Å². The molecule has 8 heteroatoms. The summed E-state index contributed by atoms with van der Waals surface area (Å²) in [6.45, 7) is 2.17. The molecule has 0 fully saturated rings. The molecule has 0 saturated heterocycles. The molecule has 0 aliphatic rings. The average Bonchev–Trinajstić information content (AvgIpc) is 2.69. The molecule has 1 aromatic heterocycles. The van der Waals surface area contributed by atoms with Crippen molar-refractivity contribution in [1.29, 1.82) is 0 Å². The van der Waals surface area contributed by atoms with E-state index in [-0.39, 0.29) is 12.4 Å². The Morgan fingerprint density at radius 1 is 1.57 bits per heavy atom. The molecule has 1 aromatic carbocycles. The number of aryl methyl sites for hydroxylation is 2. The Hall–Kier alpha value is -1.73. The molecule has 1 heterocycles. The summed E-state index contributed by atoms with van der Waals surface area (Å²) in [7, 11) is 1.83. The van der Waals surface area contributed by atoms with Crippen molar-refractivity contribution in [2.24, 2.45) is 17.9 Å².